The molecule has 1 N–H and O–H groups in total. The predicted octanol–water partition coefficient (Wildman–Crippen LogP) is 1.61. The molecule has 0 spiro atoms. The lowest BCUT2D eigenvalue weighted by Gasteiger charge is -2.16. The molecule has 0 aromatic carbocycles. The zero-order valence-electron chi connectivity index (χ0n) is 14.3. The van der Waals surface area contributed by atoms with Gasteiger partial charge in [-0.15, -0.1) is 0 Å². The van der Waals surface area contributed by atoms with Crippen molar-refractivity contribution in [3.8, 4) is 0 Å². The molecule has 0 bridgehead atoms. The molecule has 0 radical (unpaired) electrons. The average Bonchev–Trinajstić information content (AvgIpc) is 2.82. The number of hydrogen-bond donors (Lipinski definition) is 1. The lowest BCUT2D eigenvalue weighted by Crippen LogP contribution is -2.38. The Bertz CT molecular complexity index is 442. The second kappa shape index (κ2) is 9.97. The van der Waals surface area contributed by atoms with Crippen LogP contribution in [0.2, 0.25) is 0 Å². The van der Waals surface area contributed by atoms with Crippen LogP contribution in [-0.2, 0) is 19.2 Å². The number of hydrogen-bond acceptors (Lipinski definition) is 5. The summed E-state index contributed by atoms with van der Waals surface area (Å²) in [6, 6.07) is 0. The Hall–Kier alpha value is -1.92. The number of unbranched alkanes of at least 4 members (excludes halogenated alkanes) is 1. The monoisotopic (exact) mass is 325 g/mol. The van der Waals surface area contributed by atoms with Crippen LogP contribution in [-0.4, -0.2) is 47.5 Å². The minimum Gasteiger partial charge on any atom is -0.382 e. The third kappa shape index (κ3) is 6.80. The van der Waals surface area contributed by atoms with Crippen LogP contribution in [0.1, 0.15) is 59.3 Å². The zero-order valence-corrected chi connectivity index (χ0v) is 14.3. The Kier molecular flexibility index (Phi) is 8.29. The fourth-order valence-corrected chi connectivity index (χ4v) is 2.23. The number of carbonyl (C=O) groups is 3. The Labute approximate surface area is 137 Å². The van der Waals surface area contributed by atoms with Crippen molar-refractivity contribution in [1.29, 1.82) is 0 Å². The molecule has 23 heavy (non-hydrogen) atoms. The van der Waals surface area contributed by atoms with Gasteiger partial charge in [0.25, 0.3) is 5.91 Å². The van der Waals surface area contributed by atoms with Gasteiger partial charge in [0.15, 0.2) is 0 Å². The Morgan fingerprint density at radius 2 is 1.91 bits per heavy atom. The van der Waals surface area contributed by atoms with Crippen molar-refractivity contribution in [2.45, 2.75) is 65.4 Å². The van der Waals surface area contributed by atoms with Crippen LogP contribution >= 0.6 is 0 Å². The molecule has 0 unspecified atom stereocenters. The smallest absolute Gasteiger partial charge is 0.263 e. The number of imide groups is 1. The van der Waals surface area contributed by atoms with E-state index in [1.54, 1.807) is 13.8 Å². The van der Waals surface area contributed by atoms with Gasteiger partial charge in [-0.2, -0.15) is 0 Å². The largest absolute Gasteiger partial charge is 0.382 e. The molecule has 1 heterocycles. The molecule has 1 aliphatic heterocycles. The molecule has 1 fully saturated rings. The third-order valence-electron chi connectivity index (χ3n) is 3.49. The van der Waals surface area contributed by atoms with Gasteiger partial charge in [-0.25, -0.2) is 0 Å². The molecule has 0 aliphatic carbocycles. The number of likely N-dealkylation sites (tertiary alicyclic amines) is 1. The summed E-state index contributed by atoms with van der Waals surface area (Å²) in [6.07, 6.45) is 3.01. The van der Waals surface area contributed by atoms with Crippen LogP contribution < -0.4 is 5.32 Å². The lowest BCUT2D eigenvalue weighted by molar-refractivity contribution is -0.138. The van der Waals surface area contributed by atoms with Crippen molar-refractivity contribution in [2.24, 2.45) is 5.16 Å². The summed E-state index contributed by atoms with van der Waals surface area (Å²) < 4.78 is 0. The first-order chi connectivity index (χ1) is 11.0. The summed E-state index contributed by atoms with van der Waals surface area (Å²) in [4.78, 5) is 41.6. The van der Waals surface area contributed by atoms with Crippen molar-refractivity contribution >= 4 is 23.4 Å². The zero-order chi connectivity index (χ0) is 17.2. The molecule has 7 nitrogen and oxygen atoms in total. The van der Waals surface area contributed by atoms with E-state index in [2.05, 4.69) is 10.5 Å². The molecule has 1 aliphatic rings. The second-order valence-corrected chi connectivity index (χ2v) is 5.86. The van der Waals surface area contributed by atoms with Gasteiger partial charge < -0.3 is 10.2 Å². The SMILES string of the molecule is CCCC[C@@H](ON=C(C)C)C(=O)NCCCN1C(=O)CCC1=O. The molecule has 1 saturated heterocycles. The number of oxime groups is 1. The molecule has 7 heteroatoms. The van der Waals surface area contributed by atoms with E-state index >= 15 is 0 Å². The van der Waals surface area contributed by atoms with Crippen molar-refractivity contribution in [3.63, 3.8) is 0 Å². The van der Waals surface area contributed by atoms with Crippen LogP contribution in [0.3, 0.4) is 0 Å². The van der Waals surface area contributed by atoms with Crippen molar-refractivity contribution in [2.75, 3.05) is 13.1 Å². The number of nitrogens with zero attached hydrogens (tertiary/aromatic N) is 2. The lowest BCUT2D eigenvalue weighted by atomic mass is 10.1. The molecule has 1 atom stereocenters. The third-order valence-corrected chi connectivity index (χ3v) is 3.49. The van der Waals surface area contributed by atoms with Crippen LogP contribution in [0.15, 0.2) is 5.16 Å². The number of amides is 3. The van der Waals surface area contributed by atoms with Crippen LogP contribution in [0.5, 0.6) is 0 Å². The van der Waals surface area contributed by atoms with Gasteiger partial charge in [-0.05, 0) is 33.1 Å². The average molecular weight is 325 g/mol. The summed E-state index contributed by atoms with van der Waals surface area (Å²) >= 11 is 0. The summed E-state index contributed by atoms with van der Waals surface area (Å²) in [7, 11) is 0. The second-order valence-electron chi connectivity index (χ2n) is 5.86. The van der Waals surface area contributed by atoms with Gasteiger partial charge >= 0.3 is 0 Å². The fourth-order valence-electron chi connectivity index (χ4n) is 2.23. The first-order valence-electron chi connectivity index (χ1n) is 8.23. The van der Waals surface area contributed by atoms with E-state index in [9.17, 15) is 14.4 Å². The van der Waals surface area contributed by atoms with E-state index in [1.165, 1.54) is 4.90 Å². The molecule has 1 rings (SSSR count). The quantitative estimate of drug-likeness (QED) is 0.286. The van der Waals surface area contributed by atoms with Gasteiger partial charge in [-0.1, -0.05) is 18.5 Å². The number of nitrogens with one attached hydrogen (secondary N) is 1. The van der Waals surface area contributed by atoms with E-state index in [-0.39, 0.29) is 17.7 Å². The molecule has 130 valence electrons. The number of rotatable bonds is 10. The van der Waals surface area contributed by atoms with Crippen molar-refractivity contribution in [1.82, 2.24) is 10.2 Å². The van der Waals surface area contributed by atoms with Gasteiger partial charge in [0.05, 0.1) is 5.71 Å². The van der Waals surface area contributed by atoms with E-state index in [1.807, 2.05) is 6.92 Å². The molecule has 0 saturated carbocycles. The van der Waals surface area contributed by atoms with Gasteiger partial charge in [0.2, 0.25) is 17.9 Å². The Balaban J connectivity index is 2.34. The van der Waals surface area contributed by atoms with Crippen molar-refractivity contribution < 1.29 is 19.2 Å². The number of carbonyl (C=O) groups excluding carboxylic acids is 3. The summed E-state index contributed by atoms with van der Waals surface area (Å²) in [5.41, 5.74) is 0.755. The minimum absolute atomic E-state index is 0.127. The van der Waals surface area contributed by atoms with Gasteiger partial charge in [-0.3, -0.25) is 19.3 Å². The standard InChI is InChI=1S/C16H27N3O4/c1-4-5-7-13(23-18-12(2)3)16(22)17-10-6-11-19-14(20)8-9-15(19)21/h13H,4-11H2,1-3H3,(H,17,22)/t13-/m1/s1. The fraction of sp³-hybridized carbons (Fsp3) is 0.750. The normalized spacial score (nSPS) is 15.5. The van der Waals surface area contributed by atoms with Gasteiger partial charge in [0, 0.05) is 25.9 Å². The highest BCUT2D eigenvalue weighted by molar-refractivity contribution is 6.01. The van der Waals surface area contributed by atoms with Crippen LogP contribution in [0, 0.1) is 0 Å². The summed E-state index contributed by atoms with van der Waals surface area (Å²) in [5, 5.41) is 6.65. The van der Waals surface area contributed by atoms with Crippen LogP contribution in [0.25, 0.3) is 0 Å². The first-order valence-corrected chi connectivity index (χ1v) is 8.23. The highest BCUT2D eigenvalue weighted by Crippen LogP contribution is 2.11. The maximum absolute atomic E-state index is 12.1. The highest BCUT2D eigenvalue weighted by Gasteiger charge is 2.28. The van der Waals surface area contributed by atoms with E-state index in [0.717, 1.165) is 18.6 Å². The first kappa shape index (κ1) is 19.1. The molecular formula is C16H27N3O4. The summed E-state index contributed by atoms with van der Waals surface area (Å²) in [6.45, 7) is 6.41. The predicted molar refractivity (Wildman–Crippen MR) is 86.8 cm³/mol. The minimum atomic E-state index is -0.597. The Morgan fingerprint density at radius 3 is 2.48 bits per heavy atom. The maximum Gasteiger partial charge on any atom is 0.263 e. The van der Waals surface area contributed by atoms with E-state index < -0.39 is 6.10 Å². The molecule has 3 amide bonds. The van der Waals surface area contributed by atoms with Gasteiger partial charge in [0.1, 0.15) is 0 Å². The molecular weight excluding hydrogens is 298 g/mol. The highest BCUT2D eigenvalue weighted by atomic mass is 16.6. The topological polar surface area (TPSA) is 88.1 Å². The summed E-state index contributed by atoms with van der Waals surface area (Å²) in [5.74, 6) is -0.459. The maximum atomic E-state index is 12.1. The molecule has 0 aromatic heterocycles. The van der Waals surface area contributed by atoms with Crippen molar-refractivity contribution in [3.05, 3.63) is 0 Å². The molecule has 0 aromatic rings. The van der Waals surface area contributed by atoms with E-state index in [0.29, 0.717) is 38.8 Å². The van der Waals surface area contributed by atoms with E-state index in [4.69, 9.17) is 4.84 Å². The van der Waals surface area contributed by atoms with Crippen LogP contribution in [0.4, 0.5) is 0 Å². The Morgan fingerprint density at radius 1 is 1.26 bits per heavy atom.